The molecule has 23 heavy (non-hydrogen) atoms. The van der Waals surface area contributed by atoms with Gasteiger partial charge in [-0.2, -0.15) is 0 Å². The van der Waals surface area contributed by atoms with Crippen LogP contribution >= 0.6 is 11.6 Å². The third-order valence-corrected chi connectivity index (χ3v) is 4.62. The average Bonchev–Trinajstić information content (AvgIpc) is 3.38. The van der Waals surface area contributed by atoms with Crippen molar-refractivity contribution < 1.29 is 4.79 Å². The highest BCUT2D eigenvalue weighted by molar-refractivity contribution is 6.32. The smallest absolute Gasteiger partial charge is 0.249 e. The summed E-state index contributed by atoms with van der Waals surface area (Å²) in [6, 6.07) is 15.2. The number of aliphatic imine (C=N–C) groups is 1. The Morgan fingerprint density at radius 3 is 2.65 bits per heavy atom. The molecule has 0 unspecified atom stereocenters. The zero-order valence-electron chi connectivity index (χ0n) is 12.6. The predicted octanol–water partition coefficient (Wildman–Crippen LogP) is 4.30. The van der Waals surface area contributed by atoms with Crippen LogP contribution in [0.1, 0.15) is 30.4 Å². The molecular weight excluding hydrogens is 308 g/mol. The van der Waals surface area contributed by atoms with Gasteiger partial charge < -0.3 is 5.32 Å². The van der Waals surface area contributed by atoms with Crippen LogP contribution in [0.15, 0.2) is 53.5 Å². The molecule has 0 bridgehead atoms. The summed E-state index contributed by atoms with van der Waals surface area (Å²) < 4.78 is 0. The van der Waals surface area contributed by atoms with Crippen LogP contribution in [-0.2, 0) is 4.79 Å². The minimum Gasteiger partial charge on any atom is -0.324 e. The van der Waals surface area contributed by atoms with Gasteiger partial charge in [0.25, 0.3) is 0 Å². The molecule has 2 aromatic carbocycles. The van der Waals surface area contributed by atoms with Gasteiger partial charge >= 0.3 is 0 Å². The Balaban J connectivity index is 1.85. The molecule has 2 aliphatic rings. The van der Waals surface area contributed by atoms with Crippen LogP contribution < -0.4 is 5.32 Å². The van der Waals surface area contributed by atoms with Gasteiger partial charge in [-0.1, -0.05) is 54.8 Å². The van der Waals surface area contributed by atoms with Gasteiger partial charge in [0.05, 0.1) is 11.4 Å². The molecule has 0 saturated heterocycles. The molecule has 4 rings (SSSR count). The standard InChI is InChI=1S/C19H17ClN2O/c20-14-8-9-16-15(11-14)18(13-4-2-1-3-5-13)21-17(19(23)22-16)10-12-6-7-12/h1-5,8-9,11-12,17H,6-7,10H2,(H,22,23)/t17-/m0/s1. The van der Waals surface area contributed by atoms with Crippen molar-refractivity contribution >= 4 is 28.9 Å². The van der Waals surface area contributed by atoms with Gasteiger partial charge in [0.2, 0.25) is 5.91 Å². The minimum absolute atomic E-state index is 0.0218. The van der Waals surface area contributed by atoms with Crippen LogP contribution in [0, 0.1) is 5.92 Å². The minimum atomic E-state index is -0.330. The maximum absolute atomic E-state index is 12.6. The Morgan fingerprint density at radius 2 is 1.91 bits per heavy atom. The first kappa shape index (κ1) is 14.5. The molecule has 0 spiro atoms. The topological polar surface area (TPSA) is 41.5 Å². The van der Waals surface area contributed by atoms with Gasteiger partial charge in [0.15, 0.2) is 0 Å². The van der Waals surface area contributed by atoms with Crippen LogP contribution in [0.3, 0.4) is 0 Å². The quantitative estimate of drug-likeness (QED) is 0.898. The Kier molecular flexibility index (Phi) is 3.66. The number of rotatable bonds is 3. The first-order valence-corrected chi connectivity index (χ1v) is 8.32. The van der Waals surface area contributed by atoms with Crippen LogP contribution in [0.2, 0.25) is 5.02 Å². The van der Waals surface area contributed by atoms with Crippen molar-refractivity contribution in [1.82, 2.24) is 0 Å². The second kappa shape index (κ2) is 5.82. The normalized spacial score (nSPS) is 20.3. The lowest BCUT2D eigenvalue weighted by Gasteiger charge is -2.10. The average molecular weight is 325 g/mol. The summed E-state index contributed by atoms with van der Waals surface area (Å²) in [5.41, 5.74) is 3.51. The first-order chi connectivity index (χ1) is 11.2. The summed E-state index contributed by atoms with van der Waals surface area (Å²) in [5, 5.41) is 3.66. The van der Waals surface area contributed by atoms with Crippen LogP contribution in [0.25, 0.3) is 0 Å². The number of benzene rings is 2. The van der Waals surface area contributed by atoms with Crippen molar-refractivity contribution in [2.45, 2.75) is 25.3 Å². The number of anilines is 1. The largest absolute Gasteiger partial charge is 0.324 e. The Bertz CT molecular complexity index is 781. The zero-order valence-corrected chi connectivity index (χ0v) is 13.4. The highest BCUT2D eigenvalue weighted by Gasteiger charge is 2.32. The molecule has 1 aliphatic heterocycles. The zero-order chi connectivity index (χ0) is 15.8. The first-order valence-electron chi connectivity index (χ1n) is 7.95. The van der Waals surface area contributed by atoms with Crippen molar-refractivity contribution in [3.63, 3.8) is 0 Å². The van der Waals surface area contributed by atoms with Gasteiger partial charge in [-0.15, -0.1) is 0 Å². The predicted molar refractivity (Wildman–Crippen MR) is 93.3 cm³/mol. The fraction of sp³-hybridized carbons (Fsp3) is 0.263. The van der Waals surface area contributed by atoms with E-state index in [1.807, 2.05) is 42.5 Å². The van der Waals surface area contributed by atoms with Crippen LogP contribution in [0.4, 0.5) is 5.69 Å². The van der Waals surface area contributed by atoms with Gasteiger partial charge in [-0.3, -0.25) is 9.79 Å². The number of hydrogen-bond donors (Lipinski definition) is 1. The second-order valence-electron chi connectivity index (χ2n) is 6.22. The Labute approximate surface area is 140 Å². The molecule has 1 aliphatic carbocycles. The SMILES string of the molecule is O=C1Nc2ccc(Cl)cc2C(c2ccccc2)=N[C@H]1CC1CC1. The molecule has 3 nitrogen and oxygen atoms in total. The van der Waals surface area contributed by atoms with Crippen LogP contribution in [-0.4, -0.2) is 17.7 Å². The maximum atomic E-state index is 12.6. The van der Waals surface area contributed by atoms with Gasteiger partial charge in [0.1, 0.15) is 6.04 Å². The molecule has 0 aromatic heterocycles. The molecule has 4 heteroatoms. The van der Waals surface area contributed by atoms with E-state index in [0.29, 0.717) is 10.9 Å². The molecule has 1 saturated carbocycles. The van der Waals surface area contributed by atoms with Gasteiger partial charge in [-0.25, -0.2) is 0 Å². The molecule has 0 radical (unpaired) electrons. The number of amides is 1. The number of benzodiazepines with no additional fused rings is 1. The molecule has 116 valence electrons. The monoisotopic (exact) mass is 324 g/mol. The lowest BCUT2D eigenvalue weighted by atomic mass is 10.0. The number of hydrogen-bond acceptors (Lipinski definition) is 2. The lowest BCUT2D eigenvalue weighted by molar-refractivity contribution is -0.117. The Morgan fingerprint density at radius 1 is 1.13 bits per heavy atom. The van der Waals surface area contributed by atoms with Crippen molar-refractivity contribution in [2.24, 2.45) is 10.9 Å². The number of carbonyl (C=O) groups is 1. The fourth-order valence-electron chi connectivity index (χ4n) is 2.98. The van der Waals surface area contributed by atoms with Crippen molar-refractivity contribution in [3.05, 3.63) is 64.7 Å². The van der Waals surface area contributed by atoms with Gasteiger partial charge in [0, 0.05) is 16.1 Å². The Hall–Kier alpha value is -2.13. The van der Waals surface area contributed by atoms with E-state index in [-0.39, 0.29) is 11.9 Å². The maximum Gasteiger partial charge on any atom is 0.249 e. The highest BCUT2D eigenvalue weighted by atomic mass is 35.5. The third kappa shape index (κ3) is 3.02. The summed E-state index contributed by atoms with van der Waals surface area (Å²) in [6.07, 6.45) is 3.24. The summed E-state index contributed by atoms with van der Waals surface area (Å²) in [5.74, 6) is 0.614. The number of halogens is 1. The van der Waals surface area contributed by atoms with E-state index < -0.39 is 0 Å². The van der Waals surface area contributed by atoms with Crippen LogP contribution in [0.5, 0.6) is 0 Å². The van der Waals surface area contributed by atoms with E-state index in [1.54, 1.807) is 6.07 Å². The number of nitrogens with zero attached hydrogens (tertiary/aromatic N) is 1. The number of fused-ring (bicyclic) bond motifs is 1. The van der Waals surface area contributed by atoms with E-state index in [2.05, 4.69) is 5.32 Å². The van der Waals surface area contributed by atoms with E-state index >= 15 is 0 Å². The molecule has 1 amide bonds. The van der Waals surface area contributed by atoms with Crippen molar-refractivity contribution in [1.29, 1.82) is 0 Å². The van der Waals surface area contributed by atoms with E-state index in [4.69, 9.17) is 16.6 Å². The fourth-order valence-corrected chi connectivity index (χ4v) is 3.15. The molecule has 1 heterocycles. The molecule has 2 aromatic rings. The van der Waals surface area contributed by atoms with E-state index in [9.17, 15) is 4.79 Å². The lowest BCUT2D eigenvalue weighted by Crippen LogP contribution is -2.26. The summed E-state index contributed by atoms with van der Waals surface area (Å²) in [7, 11) is 0. The number of carbonyl (C=O) groups excluding carboxylic acids is 1. The third-order valence-electron chi connectivity index (χ3n) is 4.38. The molecule has 1 atom stereocenters. The van der Waals surface area contributed by atoms with Crippen molar-refractivity contribution in [2.75, 3.05) is 5.32 Å². The molecule has 1 N–H and O–H groups in total. The highest BCUT2D eigenvalue weighted by Crippen LogP contribution is 2.36. The molecular formula is C19H17ClN2O. The van der Waals surface area contributed by atoms with E-state index in [1.165, 1.54) is 12.8 Å². The summed E-state index contributed by atoms with van der Waals surface area (Å²) >= 11 is 6.18. The summed E-state index contributed by atoms with van der Waals surface area (Å²) in [6.45, 7) is 0. The second-order valence-corrected chi connectivity index (χ2v) is 6.65. The van der Waals surface area contributed by atoms with Crippen molar-refractivity contribution in [3.8, 4) is 0 Å². The van der Waals surface area contributed by atoms with E-state index in [0.717, 1.165) is 28.9 Å². The summed E-state index contributed by atoms with van der Waals surface area (Å²) in [4.78, 5) is 17.4. The number of nitrogens with one attached hydrogen (secondary N) is 1. The molecule has 1 fully saturated rings. The van der Waals surface area contributed by atoms with Gasteiger partial charge in [-0.05, 0) is 30.5 Å².